The number of carbonyl (C=O) groups excluding carboxylic acids is 2. The first-order chi connectivity index (χ1) is 13.6. The summed E-state index contributed by atoms with van der Waals surface area (Å²) in [6, 6.07) is 5.92. The van der Waals surface area contributed by atoms with Gasteiger partial charge in [-0.2, -0.15) is 0 Å². The lowest BCUT2D eigenvalue weighted by molar-refractivity contribution is -0.134. The Morgan fingerprint density at radius 3 is 2.61 bits per heavy atom. The molecular formula is C19H20N4O4S. The molecule has 0 radical (unpaired) electrons. The summed E-state index contributed by atoms with van der Waals surface area (Å²) in [6.45, 7) is 4.28. The lowest BCUT2D eigenvalue weighted by Gasteiger charge is -2.34. The van der Waals surface area contributed by atoms with Crippen molar-refractivity contribution in [1.82, 2.24) is 19.4 Å². The number of fused-ring (bicyclic) bond motifs is 1. The minimum Gasteiger partial charge on any atom is -0.454 e. The highest BCUT2D eigenvalue weighted by atomic mass is 32.1. The number of aromatic nitrogens is 2. The summed E-state index contributed by atoms with van der Waals surface area (Å²) >= 11 is 1.13. The van der Waals surface area contributed by atoms with E-state index in [1.54, 1.807) is 11.8 Å². The molecule has 3 aliphatic rings. The fraction of sp³-hybridized carbons (Fsp3) is 0.474. The highest BCUT2D eigenvalue weighted by Gasteiger charge is 2.46. The Bertz CT molecular complexity index is 938. The van der Waals surface area contributed by atoms with Gasteiger partial charge in [0.05, 0.1) is 5.69 Å². The van der Waals surface area contributed by atoms with E-state index in [4.69, 9.17) is 9.47 Å². The smallest absolute Gasteiger partial charge is 0.267 e. The van der Waals surface area contributed by atoms with Crippen LogP contribution in [0.1, 0.15) is 33.3 Å². The average Bonchev–Trinajstić information content (AvgIpc) is 3.17. The zero-order valence-electron chi connectivity index (χ0n) is 15.5. The van der Waals surface area contributed by atoms with Crippen LogP contribution < -0.4 is 9.47 Å². The van der Waals surface area contributed by atoms with E-state index < -0.39 is 0 Å². The highest BCUT2D eigenvalue weighted by molar-refractivity contribution is 7.07. The van der Waals surface area contributed by atoms with E-state index in [0.717, 1.165) is 35.0 Å². The van der Waals surface area contributed by atoms with Crippen molar-refractivity contribution in [2.45, 2.75) is 19.3 Å². The van der Waals surface area contributed by atoms with Gasteiger partial charge in [0.25, 0.3) is 5.91 Å². The summed E-state index contributed by atoms with van der Waals surface area (Å²) in [6.07, 6.45) is 0.864. The lowest BCUT2D eigenvalue weighted by atomic mass is 10.1. The van der Waals surface area contributed by atoms with Gasteiger partial charge in [-0.15, -0.1) is 5.10 Å². The monoisotopic (exact) mass is 400 g/mol. The second-order valence-electron chi connectivity index (χ2n) is 7.37. The van der Waals surface area contributed by atoms with Gasteiger partial charge in [0.2, 0.25) is 12.7 Å². The van der Waals surface area contributed by atoms with Gasteiger partial charge in [0, 0.05) is 32.1 Å². The molecule has 2 amide bonds. The largest absolute Gasteiger partial charge is 0.454 e. The number of aryl methyl sites for hydroxylation is 1. The molecule has 3 heterocycles. The number of hydrogen-bond donors (Lipinski definition) is 0. The van der Waals surface area contributed by atoms with Crippen LogP contribution in [0.3, 0.4) is 0 Å². The molecule has 28 heavy (non-hydrogen) atoms. The van der Waals surface area contributed by atoms with Crippen LogP contribution in [0.5, 0.6) is 11.5 Å². The number of benzene rings is 1. The predicted molar refractivity (Wildman–Crippen MR) is 101 cm³/mol. The number of piperazine rings is 1. The molecule has 1 aromatic carbocycles. The van der Waals surface area contributed by atoms with Crippen LogP contribution in [0, 0.1) is 12.8 Å². The maximum atomic E-state index is 12.9. The van der Waals surface area contributed by atoms with Crippen molar-refractivity contribution < 1.29 is 19.1 Å². The zero-order valence-corrected chi connectivity index (χ0v) is 16.3. The van der Waals surface area contributed by atoms with Gasteiger partial charge in [-0.25, -0.2) is 0 Å². The molecule has 1 aromatic heterocycles. The molecule has 2 atom stereocenters. The van der Waals surface area contributed by atoms with Crippen LogP contribution >= 0.6 is 11.5 Å². The number of hydrogen-bond acceptors (Lipinski definition) is 7. The molecule has 0 bridgehead atoms. The molecule has 5 rings (SSSR count). The van der Waals surface area contributed by atoms with Gasteiger partial charge in [0.15, 0.2) is 11.5 Å². The topological polar surface area (TPSA) is 84.9 Å². The minimum atomic E-state index is -0.0377. The average molecular weight is 400 g/mol. The Hall–Kier alpha value is -2.68. The maximum Gasteiger partial charge on any atom is 0.267 e. The molecule has 0 unspecified atom stereocenters. The van der Waals surface area contributed by atoms with Crippen LogP contribution in [-0.2, 0) is 4.79 Å². The normalized spacial score (nSPS) is 23.0. The molecule has 2 fully saturated rings. The summed E-state index contributed by atoms with van der Waals surface area (Å²) in [5.74, 6) is 1.94. The van der Waals surface area contributed by atoms with Gasteiger partial charge < -0.3 is 19.3 Å². The number of ether oxygens (including phenoxy) is 2. The first-order valence-electron chi connectivity index (χ1n) is 9.38. The van der Waals surface area contributed by atoms with E-state index in [0.29, 0.717) is 36.8 Å². The van der Waals surface area contributed by atoms with Crippen LogP contribution in [0.25, 0.3) is 0 Å². The molecule has 1 saturated heterocycles. The Kier molecular flexibility index (Phi) is 4.19. The molecule has 146 valence electrons. The lowest BCUT2D eigenvalue weighted by Crippen LogP contribution is -2.51. The van der Waals surface area contributed by atoms with Crippen molar-refractivity contribution in [3.8, 4) is 11.5 Å². The first kappa shape index (κ1) is 17.4. The Labute approximate surface area is 166 Å². The molecule has 9 heteroatoms. The van der Waals surface area contributed by atoms with E-state index in [9.17, 15) is 9.59 Å². The van der Waals surface area contributed by atoms with Crippen molar-refractivity contribution in [3.63, 3.8) is 0 Å². The van der Waals surface area contributed by atoms with E-state index in [1.807, 2.05) is 23.1 Å². The molecule has 8 nitrogen and oxygen atoms in total. The van der Waals surface area contributed by atoms with Gasteiger partial charge in [0.1, 0.15) is 4.88 Å². The van der Waals surface area contributed by atoms with Crippen molar-refractivity contribution in [1.29, 1.82) is 0 Å². The number of nitrogens with zero attached hydrogens (tertiary/aromatic N) is 4. The molecule has 1 aliphatic carbocycles. The molecular weight excluding hydrogens is 380 g/mol. The Morgan fingerprint density at radius 2 is 1.86 bits per heavy atom. The predicted octanol–water partition coefficient (Wildman–Crippen LogP) is 1.66. The van der Waals surface area contributed by atoms with E-state index in [2.05, 4.69) is 9.59 Å². The van der Waals surface area contributed by atoms with Crippen molar-refractivity contribution in [3.05, 3.63) is 34.3 Å². The first-order valence-corrected chi connectivity index (χ1v) is 10.2. The quantitative estimate of drug-likeness (QED) is 0.779. The minimum absolute atomic E-state index is 0.0237. The van der Waals surface area contributed by atoms with Gasteiger partial charge in [-0.3, -0.25) is 9.59 Å². The maximum absolute atomic E-state index is 12.9. The summed E-state index contributed by atoms with van der Waals surface area (Å²) in [5, 5.41) is 3.91. The summed E-state index contributed by atoms with van der Waals surface area (Å²) in [4.78, 5) is 29.7. The third kappa shape index (κ3) is 2.99. The Balaban J connectivity index is 1.18. The van der Waals surface area contributed by atoms with E-state index in [1.165, 1.54) is 0 Å². The van der Waals surface area contributed by atoms with E-state index >= 15 is 0 Å². The van der Waals surface area contributed by atoms with Crippen LogP contribution in [-0.4, -0.2) is 64.2 Å². The van der Waals surface area contributed by atoms with E-state index in [-0.39, 0.29) is 30.4 Å². The second-order valence-corrected chi connectivity index (χ2v) is 8.12. The third-order valence-corrected chi connectivity index (χ3v) is 6.47. The van der Waals surface area contributed by atoms with Crippen molar-refractivity contribution >= 4 is 23.3 Å². The van der Waals surface area contributed by atoms with Crippen LogP contribution in [0.2, 0.25) is 0 Å². The zero-order chi connectivity index (χ0) is 19.3. The third-order valence-electron chi connectivity index (χ3n) is 5.66. The molecule has 1 saturated carbocycles. The highest BCUT2D eigenvalue weighted by Crippen LogP contribution is 2.50. The standard InChI is InChI=1S/C19H20N4O4S/c1-11-17(28-21-20-11)19(25)23-6-4-22(5-7-23)18(24)14-9-13(14)12-2-3-15-16(8-12)27-10-26-15/h2-3,8,13-14H,4-7,9-10H2,1H3/t13-,14-/m1/s1. The molecule has 0 N–H and O–H groups in total. The number of rotatable bonds is 3. The fourth-order valence-corrected chi connectivity index (χ4v) is 4.54. The molecule has 2 aromatic rings. The van der Waals surface area contributed by atoms with Crippen LogP contribution in [0.4, 0.5) is 0 Å². The van der Waals surface area contributed by atoms with Crippen molar-refractivity contribution in [2.24, 2.45) is 5.92 Å². The summed E-state index contributed by atoms with van der Waals surface area (Å²) in [7, 11) is 0. The molecule has 0 spiro atoms. The van der Waals surface area contributed by atoms with Gasteiger partial charge >= 0.3 is 0 Å². The summed E-state index contributed by atoms with van der Waals surface area (Å²) in [5.41, 5.74) is 1.79. The van der Waals surface area contributed by atoms with Crippen LogP contribution in [0.15, 0.2) is 18.2 Å². The SMILES string of the molecule is Cc1nnsc1C(=O)N1CCN(C(=O)[C@@H]2C[C@@H]2c2ccc3c(c2)OCO3)CC1. The number of amides is 2. The number of carbonyl (C=O) groups is 2. The second kappa shape index (κ2) is 6.73. The Morgan fingerprint density at radius 1 is 1.11 bits per heavy atom. The fourth-order valence-electron chi connectivity index (χ4n) is 3.92. The van der Waals surface area contributed by atoms with Gasteiger partial charge in [-0.1, -0.05) is 10.6 Å². The van der Waals surface area contributed by atoms with Gasteiger partial charge in [-0.05, 0) is 48.5 Å². The van der Waals surface area contributed by atoms with Crippen molar-refractivity contribution in [2.75, 3.05) is 33.0 Å². The molecule has 2 aliphatic heterocycles. The summed E-state index contributed by atoms with van der Waals surface area (Å²) < 4.78 is 14.6.